The van der Waals surface area contributed by atoms with Gasteiger partial charge in [-0.2, -0.15) is 0 Å². The number of ether oxygens (including phenoxy) is 1. The van der Waals surface area contributed by atoms with Gasteiger partial charge in [0.2, 0.25) is 0 Å². The van der Waals surface area contributed by atoms with Gasteiger partial charge in [-0.1, -0.05) is 59.6 Å². The Balaban J connectivity index is 2.39. The number of benzene rings is 2. The third-order valence-electron chi connectivity index (χ3n) is 3.31. The molecule has 3 heteroatoms. The second-order valence-corrected chi connectivity index (χ2v) is 6.10. The van der Waals surface area contributed by atoms with Gasteiger partial charge in [0.15, 0.2) is 0 Å². The van der Waals surface area contributed by atoms with E-state index in [4.69, 9.17) is 16.3 Å². The standard InChI is InChI=1S/C17H18BrClO/c1-11(2)13-8-7-12(3)17(9-13)20-16-6-4-5-15(19)14(16)10-18/h4-9,11H,10H2,1-3H3. The van der Waals surface area contributed by atoms with Crippen LogP contribution in [0.2, 0.25) is 5.02 Å². The summed E-state index contributed by atoms with van der Waals surface area (Å²) in [6.45, 7) is 6.41. The molecule has 0 atom stereocenters. The van der Waals surface area contributed by atoms with Gasteiger partial charge in [0.05, 0.1) is 0 Å². The third kappa shape index (κ3) is 3.36. The van der Waals surface area contributed by atoms with Crippen LogP contribution in [-0.2, 0) is 5.33 Å². The molecule has 0 bridgehead atoms. The second-order valence-electron chi connectivity index (χ2n) is 5.13. The zero-order valence-corrected chi connectivity index (χ0v) is 14.3. The highest BCUT2D eigenvalue weighted by atomic mass is 79.9. The Kier molecular flexibility index (Phi) is 5.11. The number of rotatable bonds is 4. The Labute approximate surface area is 134 Å². The first-order chi connectivity index (χ1) is 9.52. The molecule has 0 aliphatic carbocycles. The fourth-order valence-electron chi connectivity index (χ4n) is 1.97. The summed E-state index contributed by atoms with van der Waals surface area (Å²) in [5.74, 6) is 2.17. The van der Waals surface area contributed by atoms with Crippen molar-refractivity contribution in [2.75, 3.05) is 0 Å². The lowest BCUT2D eigenvalue weighted by atomic mass is 10.0. The maximum atomic E-state index is 6.21. The van der Waals surface area contributed by atoms with Gasteiger partial charge in [-0.25, -0.2) is 0 Å². The molecule has 0 unspecified atom stereocenters. The number of aryl methyl sites for hydroxylation is 1. The second kappa shape index (κ2) is 6.64. The molecule has 2 aromatic carbocycles. The molecule has 106 valence electrons. The lowest BCUT2D eigenvalue weighted by molar-refractivity contribution is 0.474. The lowest BCUT2D eigenvalue weighted by Crippen LogP contribution is -1.95. The van der Waals surface area contributed by atoms with Crippen LogP contribution in [0.25, 0.3) is 0 Å². The van der Waals surface area contributed by atoms with Crippen LogP contribution < -0.4 is 4.74 Å². The van der Waals surface area contributed by atoms with E-state index in [0.29, 0.717) is 11.2 Å². The van der Waals surface area contributed by atoms with Gasteiger partial charge in [-0.15, -0.1) is 0 Å². The molecule has 0 aromatic heterocycles. The van der Waals surface area contributed by atoms with E-state index >= 15 is 0 Å². The first-order valence-corrected chi connectivity index (χ1v) is 8.14. The van der Waals surface area contributed by atoms with E-state index in [1.807, 2.05) is 18.2 Å². The molecule has 0 fully saturated rings. The van der Waals surface area contributed by atoms with Gasteiger partial charge < -0.3 is 4.74 Å². The highest BCUT2D eigenvalue weighted by molar-refractivity contribution is 9.08. The highest BCUT2D eigenvalue weighted by Crippen LogP contribution is 2.34. The van der Waals surface area contributed by atoms with Crippen LogP contribution in [0, 0.1) is 6.92 Å². The molecule has 0 radical (unpaired) electrons. The molecule has 0 spiro atoms. The van der Waals surface area contributed by atoms with Crippen LogP contribution in [0.4, 0.5) is 0 Å². The fraction of sp³-hybridized carbons (Fsp3) is 0.294. The summed E-state index contributed by atoms with van der Waals surface area (Å²) in [5, 5.41) is 1.39. The van der Waals surface area contributed by atoms with Crippen molar-refractivity contribution < 1.29 is 4.74 Å². The van der Waals surface area contributed by atoms with Gasteiger partial charge in [-0.05, 0) is 42.2 Å². The Bertz CT molecular complexity index is 608. The van der Waals surface area contributed by atoms with E-state index < -0.39 is 0 Å². The fourth-order valence-corrected chi connectivity index (χ4v) is 2.94. The van der Waals surface area contributed by atoms with E-state index in [1.54, 1.807) is 0 Å². The molecule has 0 N–H and O–H groups in total. The van der Waals surface area contributed by atoms with Crippen LogP contribution in [0.1, 0.15) is 36.5 Å². The molecule has 0 amide bonds. The largest absolute Gasteiger partial charge is 0.457 e. The topological polar surface area (TPSA) is 9.23 Å². The van der Waals surface area contributed by atoms with Crippen molar-refractivity contribution in [1.29, 1.82) is 0 Å². The zero-order valence-electron chi connectivity index (χ0n) is 11.9. The van der Waals surface area contributed by atoms with Crippen molar-refractivity contribution in [2.24, 2.45) is 0 Å². The van der Waals surface area contributed by atoms with Crippen molar-refractivity contribution in [1.82, 2.24) is 0 Å². The Morgan fingerprint density at radius 1 is 1.15 bits per heavy atom. The molecule has 2 aromatic rings. The average molecular weight is 354 g/mol. The zero-order chi connectivity index (χ0) is 14.7. The van der Waals surface area contributed by atoms with Crippen LogP contribution >= 0.6 is 27.5 Å². The number of halogens is 2. The minimum atomic E-state index is 0.480. The van der Waals surface area contributed by atoms with Gasteiger partial charge in [0, 0.05) is 15.9 Å². The average Bonchev–Trinajstić information content (AvgIpc) is 2.41. The molecule has 0 saturated heterocycles. The predicted octanol–water partition coefficient (Wildman–Crippen LogP) is 6.46. The van der Waals surface area contributed by atoms with Crippen molar-refractivity contribution in [3.8, 4) is 11.5 Å². The van der Waals surface area contributed by atoms with Crippen LogP contribution in [0.3, 0.4) is 0 Å². The van der Waals surface area contributed by atoms with Gasteiger partial charge in [0.1, 0.15) is 11.5 Å². The number of hydrogen-bond acceptors (Lipinski definition) is 1. The summed E-state index contributed by atoms with van der Waals surface area (Å²) in [6.07, 6.45) is 0. The first-order valence-electron chi connectivity index (χ1n) is 6.64. The molecule has 2 rings (SSSR count). The van der Waals surface area contributed by atoms with E-state index in [-0.39, 0.29) is 0 Å². The van der Waals surface area contributed by atoms with Gasteiger partial charge in [0.25, 0.3) is 0 Å². The minimum absolute atomic E-state index is 0.480. The lowest BCUT2D eigenvalue weighted by Gasteiger charge is -2.15. The van der Waals surface area contributed by atoms with Crippen molar-refractivity contribution in [3.63, 3.8) is 0 Å². The Morgan fingerprint density at radius 3 is 2.55 bits per heavy atom. The van der Waals surface area contributed by atoms with E-state index in [9.17, 15) is 0 Å². The quantitative estimate of drug-likeness (QED) is 0.573. The van der Waals surface area contributed by atoms with Gasteiger partial charge in [-0.3, -0.25) is 0 Å². The SMILES string of the molecule is Cc1ccc(C(C)C)cc1Oc1cccc(Cl)c1CBr. The summed E-state index contributed by atoms with van der Waals surface area (Å²) in [6, 6.07) is 12.1. The number of hydrogen-bond donors (Lipinski definition) is 0. The molecule has 1 nitrogen and oxygen atoms in total. The summed E-state index contributed by atoms with van der Waals surface area (Å²) in [4.78, 5) is 0. The van der Waals surface area contributed by atoms with Crippen molar-refractivity contribution in [2.45, 2.75) is 32.0 Å². The summed E-state index contributed by atoms with van der Waals surface area (Å²) in [7, 11) is 0. The predicted molar refractivity (Wildman–Crippen MR) is 89.4 cm³/mol. The summed E-state index contributed by atoms with van der Waals surface area (Å²) < 4.78 is 6.09. The van der Waals surface area contributed by atoms with E-state index in [1.165, 1.54) is 5.56 Å². The maximum absolute atomic E-state index is 6.21. The molecule has 0 aliphatic heterocycles. The third-order valence-corrected chi connectivity index (χ3v) is 4.22. The molecule has 20 heavy (non-hydrogen) atoms. The smallest absolute Gasteiger partial charge is 0.132 e. The van der Waals surface area contributed by atoms with Crippen LogP contribution in [0.5, 0.6) is 11.5 Å². The molecular weight excluding hydrogens is 336 g/mol. The number of alkyl halides is 1. The molecule has 0 saturated carbocycles. The van der Waals surface area contributed by atoms with Crippen molar-refractivity contribution >= 4 is 27.5 Å². The molecule has 0 aliphatic rings. The van der Waals surface area contributed by atoms with Crippen LogP contribution in [0.15, 0.2) is 36.4 Å². The van der Waals surface area contributed by atoms with Gasteiger partial charge >= 0.3 is 0 Å². The monoisotopic (exact) mass is 352 g/mol. The molecular formula is C17H18BrClO. The van der Waals surface area contributed by atoms with Crippen LogP contribution in [-0.4, -0.2) is 0 Å². The van der Waals surface area contributed by atoms with E-state index in [0.717, 1.165) is 27.6 Å². The maximum Gasteiger partial charge on any atom is 0.132 e. The first kappa shape index (κ1) is 15.4. The summed E-state index contributed by atoms with van der Waals surface area (Å²) >= 11 is 9.67. The normalized spacial score (nSPS) is 10.9. The minimum Gasteiger partial charge on any atom is -0.457 e. The highest BCUT2D eigenvalue weighted by Gasteiger charge is 2.10. The van der Waals surface area contributed by atoms with Crippen molar-refractivity contribution in [3.05, 3.63) is 58.1 Å². The molecule has 0 heterocycles. The Hall–Kier alpha value is -0.990. The Morgan fingerprint density at radius 2 is 1.90 bits per heavy atom. The van der Waals surface area contributed by atoms with E-state index in [2.05, 4.69) is 54.9 Å². The summed E-state index contributed by atoms with van der Waals surface area (Å²) in [5.41, 5.74) is 3.37.